The van der Waals surface area contributed by atoms with Gasteiger partial charge in [0.2, 0.25) is 5.91 Å². The third-order valence-corrected chi connectivity index (χ3v) is 4.88. The van der Waals surface area contributed by atoms with Gasteiger partial charge in [0.25, 0.3) is 0 Å². The molecule has 0 fully saturated rings. The van der Waals surface area contributed by atoms with Crippen molar-refractivity contribution in [1.82, 2.24) is 0 Å². The quantitative estimate of drug-likeness (QED) is 0.858. The van der Waals surface area contributed by atoms with Crippen LogP contribution < -0.4 is 14.4 Å². The fraction of sp³-hybridized carbons (Fsp3) is 0.381. The average molecular weight is 337 g/mol. The maximum atomic E-state index is 12.7. The van der Waals surface area contributed by atoms with Crippen LogP contribution in [0.4, 0.5) is 5.69 Å². The van der Waals surface area contributed by atoms with Crippen molar-refractivity contribution in [3.63, 3.8) is 0 Å². The molecule has 0 atom stereocenters. The van der Waals surface area contributed by atoms with Gasteiger partial charge in [0, 0.05) is 25.1 Å². The second kappa shape index (κ2) is 6.79. The van der Waals surface area contributed by atoms with Crippen molar-refractivity contribution < 1.29 is 14.3 Å². The minimum atomic E-state index is 0.191. The summed E-state index contributed by atoms with van der Waals surface area (Å²) >= 11 is 0. The van der Waals surface area contributed by atoms with Crippen LogP contribution in [0.1, 0.15) is 29.5 Å². The first-order valence-corrected chi connectivity index (χ1v) is 8.99. The van der Waals surface area contributed by atoms with Gasteiger partial charge in [0.1, 0.15) is 0 Å². The van der Waals surface area contributed by atoms with E-state index in [1.54, 1.807) is 0 Å². The van der Waals surface area contributed by atoms with Crippen molar-refractivity contribution in [2.45, 2.75) is 32.6 Å². The lowest BCUT2D eigenvalue weighted by Crippen LogP contribution is -2.29. The SMILES string of the molecule is Cc1ccc2c(c1)N(C(=O)CCc1ccc3c(c1)OCCCO3)CC2. The molecule has 1 amide bonds. The van der Waals surface area contributed by atoms with Crippen LogP contribution in [0.5, 0.6) is 11.5 Å². The highest BCUT2D eigenvalue weighted by Gasteiger charge is 2.24. The summed E-state index contributed by atoms with van der Waals surface area (Å²) in [6, 6.07) is 12.4. The fourth-order valence-electron chi connectivity index (χ4n) is 3.50. The summed E-state index contributed by atoms with van der Waals surface area (Å²) in [5, 5.41) is 0. The zero-order valence-electron chi connectivity index (χ0n) is 14.6. The van der Waals surface area contributed by atoms with Crippen molar-refractivity contribution in [2.24, 2.45) is 0 Å². The Hall–Kier alpha value is -2.49. The molecule has 0 radical (unpaired) electrons. The molecule has 0 spiro atoms. The van der Waals surface area contributed by atoms with Gasteiger partial charge in [0.15, 0.2) is 11.5 Å². The van der Waals surface area contributed by atoms with Gasteiger partial charge in [-0.2, -0.15) is 0 Å². The van der Waals surface area contributed by atoms with Crippen molar-refractivity contribution in [2.75, 3.05) is 24.7 Å². The Balaban J connectivity index is 1.43. The van der Waals surface area contributed by atoms with Crippen LogP contribution in [0.25, 0.3) is 0 Å². The molecule has 0 aromatic heterocycles. The third kappa shape index (κ3) is 3.34. The standard InChI is InChI=1S/C21H23NO3/c1-15-3-6-17-9-10-22(18(17)13-15)21(23)8-5-16-4-7-19-20(14-16)25-12-2-11-24-19/h3-4,6-7,13-14H,2,5,8-12H2,1H3. The molecule has 0 saturated heterocycles. The number of amides is 1. The van der Waals surface area contributed by atoms with E-state index in [9.17, 15) is 4.79 Å². The molecule has 0 saturated carbocycles. The third-order valence-electron chi connectivity index (χ3n) is 4.88. The van der Waals surface area contributed by atoms with Crippen LogP contribution in [0.15, 0.2) is 36.4 Å². The van der Waals surface area contributed by atoms with Gasteiger partial charge in [-0.1, -0.05) is 18.2 Å². The Bertz CT molecular complexity index is 800. The monoisotopic (exact) mass is 337 g/mol. The van der Waals surface area contributed by atoms with E-state index in [0.717, 1.165) is 42.1 Å². The van der Waals surface area contributed by atoms with Gasteiger partial charge >= 0.3 is 0 Å². The lowest BCUT2D eigenvalue weighted by atomic mass is 10.1. The number of hydrogen-bond acceptors (Lipinski definition) is 3. The number of carbonyl (C=O) groups excluding carboxylic acids is 1. The molecule has 0 bridgehead atoms. The number of ether oxygens (including phenoxy) is 2. The van der Waals surface area contributed by atoms with Crippen molar-refractivity contribution in [3.8, 4) is 11.5 Å². The first-order chi connectivity index (χ1) is 12.2. The predicted molar refractivity (Wildman–Crippen MR) is 97.6 cm³/mol. The van der Waals surface area contributed by atoms with Gasteiger partial charge < -0.3 is 14.4 Å². The van der Waals surface area contributed by atoms with Crippen molar-refractivity contribution in [3.05, 3.63) is 53.1 Å². The summed E-state index contributed by atoms with van der Waals surface area (Å²) in [5.74, 6) is 1.79. The molecule has 130 valence electrons. The van der Waals surface area contributed by atoms with E-state index in [-0.39, 0.29) is 5.91 Å². The molecular weight excluding hydrogens is 314 g/mol. The van der Waals surface area contributed by atoms with E-state index < -0.39 is 0 Å². The molecule has 0 N–H and O–H groups in total. The number of rotatable bonds is 3. The Morgan fingerprint density at radius 1 is 1.08 bits per heavy atom. The van der Waals surface area contributed by atoms with Crippen LogP contribution in [0.3, 0.4) is 0 Å². The Morgan fingerprint density at radius 3 is 2.80 bits per heavy atom. The van der Waals surface area contributed by atoms with E-state index >= 15 is 0 Å². The largest absolute Gasteiger partial charge is 0.490 e. The number of benzene rings is 2. The van der Waals surface area contributed by atoms with E-state index in [0.29, 0.717) is 26.1 Å². The molecule has 4 heteroatoms. The molecule has 0 unspecified atom stereocenters. The van der Waals surface area contributed by atoms with Crippen LogP contribution in [0, 0.1) is 6.92 Å². The lowest BCUT2D eigenvalue weighted by Gasteiger charge is -2.18. The van der Waals surface area contributed by atoms with Crippen LogP contribution >= 0.6 is 0 Å². The number of aryl methyl sites for hydroxylation is 2. The summed E-state index contributed by atoms with van der Waals surface area (Å²) in [7, 11) is 0. The molecule has 0 aliphatic carbocycles. The molecule has 2 aliphatic rings. The number of fused-ring (bicyclic) bond motifs is 2. The molecule has 2 heterocycles. The van der Waals surface area contributed by atoms with E-state index in [2.05, 4.69) is 25.1 Å². The van der Waals surface area contributed by atoms with E-state index in [4.69, 9.17) is 9.47 Å². The lowest BCUT2D eigenvalue weighted by molar-refractivity contribution is -0.118. The van der Waals surface area contributed by atoms with Gasteiger partial charge in [-0.15, -0.1) is 0 Å². The highest BCUT2D eigenvalue weighted by Crippen LogP contribution is 2.32. The average Bonchev–Trinajstić information content (AvgIpc) is 2.89. The first kappa shape index (κ1) is 16.0. The number of carbonyl (C=O) groups is 1. The fourth-order valence-corrected chi connectivity index (χ4v) is 3.50. The van der Waals surface area contributed by atoms with E-state index in [1.807, 2.05) is 23.1 Å². The zero-order chi connectivity index (χ0) is 17.2. The molecule has 2 aliphatic heterocycles. The van der Waals surface area contributed by atoms with Crippen molar-refractivity contribution >= 4 is 11.6 Å². The highest BCUT2D eigenvalue weighted by molar-refractivity contribution is 5.95. The molecule has 2 aromatic rings. The van der Waals surface area contributed by atoms with E-state index in [1.165, 1.54) is 11.1 Å². The van der Waals surface area contributed by atoms with Crippen LogP contribution in [-0.2, 0) is 17.6 Å². The number of nitrogens with zero attached hydrogens (tertiary/aromatic N) is 1. The summed E-state index contributed by atoms with van der Waals surface area (Å²) in [4.78, 5) is 14.6. The summed E-state index contributed by atoms with van der Waals surface area (Å²) in [6.07, 6.45) is 3.07. The molecule has 4 rings (SSSR count). The topological polar surface area (TPSA) is 38.8 Å². The second-order valence-corrected chi connectivity index (χ2v) is 6.76. The molecule has 2 aromatic carbocycles. The molecule has 4 nitrogen and oxygen atoms in total. The summed E-state index contributed by atoms with van der Waals surface area (Å²) < 4.78 is 11.4. The summed E-state index contributed by atoms with van der Waals surface area (Å²) in [6.45, 7) is 4.23. The Morgan fingerprint density at radius 2 is 1.92 bits per heavy atom. The summed E-state index contributed by atoms with van der Waals surface area (Å²) in [5.41, 5.74) is 4.67. The smallest absolute Gasteiger partial charge is 0.227 e. The number of hydrogen-bond donors (Lipinski definition) is 0. The molecule has 25 heavy (non-hydrogen) atoms. The first-order valence-electron chi connectivity index (χ1n) is 8.99. The predicted octanol–water partition coefficient (Wildman–Crippen LogP) is 3.68. The number of anilines is 1. The van der Waals surface area contributed by atoms with Crippen molar-refractivity contribution in [1.29, 1.82) is 0 Å². The normalized spacial score (nSPS) is 15.6. The highest BCUT2D eigenvalue weighted by atomic mass is 16.5. The zero-order valence-corrected chi connectivity index (χ0v) is 14.6. The van der Waals surface area contributed by atoms with Gasteiger partial charge in [0.05, 0.1) is 13.2 Å². The maximum absolute atomic E-state index is 12.7. The van der Waals surface area contributed by atoms with Gasteiger partial charge in [-0.25, -0.2) is 0 Å². The molecular formula is C21H23NO3. The van der Waals surface area contributed by atoms with Crippen LogP contribution in [-0.4, -0.2) is 25.7 Å². The van der Waals surface area contributed by atoms with Gasteiger partial charge in [-0.05, 0) is 54.7 Å². The maximum Gasteiger partial charge on any atom is 0.227 e. The van der Waals surface area contributed by atoms with Gasteiger partial charge in [-0.3, -0.25) is 4.79 Å². The minimum absolute atomic E-state index is 0.191. The Labute approximate surface area is 148 Å². The van der Waals surface area contributed by atoms with Crippen LogP contribution in [0.2, 0.25) is 0 Å². The second-order valence-electron chi connectivity index (χ2n) is 6.76. The minimum Gasteiger partial charge on any atom is -0.490 e. The Kier molecular flexibility index (Phi) is 4.35.